The fourth-order valence-corrected chi connectivity index (χ4v) is 1.30. The summed E-state index contributed by atoms with van der Waals surface area (Å²) < 4.78 is 102. The minimum absolute atomic E-state index is 0.190. The largest absolute Gasteiger partial charge is 0.573 e. The first kappa shape index (κ1) is 16.4. The summed E-state index contributed by atoms with van der Waals surface area (Å²) in [4.78, 5) is 2.82. The van der Waals surface area contributed by atoms with Crippen LogP contribution in [0.25, 0.3) is 0 Å². The molecule has 114 valence electrons. The van der Waals surface area contributed by atoms with E-state index in [4.69, 9.17) is 5.73 Å². The molecule has 0 saturated carbocycles. The van der Waals surface area contributed by atoms with Crippen LogP contribution >= 0.6 is 0 Å². The first-order valence-corrected chi connectivity index (χ1v) is 4.80. The van der Waals surface area contributed by atoms with Crippen LogP contribution in [0.15, 0.2) is 6.07 Å². The van der Waals surface area contributed by atoms with E-state index in [1.165, 1.54) is 0 Å². The highest BCUT2D eigenvalue weighted by atomic mass is 19.4. The molecule has 0 aliphatic rings. The van der Waals surface area contributed by atoms with Crippen molar-refractivity contribution in [2.75, 3.05) is 0 Å². The van der Waals surface area contributed by atoms with Crippen LogP contribution in [0, 0.1) is 0 Å². The summed E-state index contributed by atoms with van der Waals surface area (Å²) >= 11 is 0. The molecular formula is C9H6F8N2O. The molecule has 1 aromatic heterocycles. The van der Waals surface area contributed by atoms with Crippen molar-refractivity contribution in [3.63, 3.8) is 0 Å². The number of pyridine rings is 1. The van der Waals surface area contributed by atoms with E-state index in [2.05, 4.69) is 9.72 Å². The Morgan fingerprint density at radius 3 is 2.05 bits per heavy atom. The maximum absolute atomic E-state index is 12.5. The predicted octanol–water partition coefficient (Wildman–Crippen LogP) is 3.40. The summed E-state index contributed by atoms with van der Waals surface area (Å²) in [6.45, 7) is -0.802. The second kappa shape index (κ2) is 5.38. The van der Waals surface area contributed by atoms with E-state index < -0.39 is 48.2 Å². The van der Waals surface area contributed by atoms with Gasteiger partial charge in [-0.25, -0.2) is 13.8 Å². The summed E-state index contributed by atoms with van der Waals surface area (Å²) in [5.74, 6) is -1.36. The van der Waals surface area contributed by atoms with E-state index in [1.54, 1.807) is 0 Å². The monoisotopic (exact) mass is 310 g/mol. The maximum Gasteiger partial charge on any atom is 0.573 e. The van der Waals surface area contributed by atoms with Gasteiger partial charge in [0.15, 0.2) is 5.75 Å². The molecule has 2 N–H and O–H groups in total. The SMILES string of the molecule is NCc1nc(C(F)F)c(C(F)(F)F)cc1OC(F)(F)F. The predicted molar refractivity (Wildman–Crippen MR) is 48.8 cm³/mol. The van der Waals surface area contributed by atoms with Gasteiger partial charge in [0.25, 0.3) is 6.43 Å². The van der Waals surface area contributed by atoms with Crippen molar-refractivity contribution < 1.29 is 39.9 Å². The van der Waals surface area contributed by atoms with Crippen LogP contribution in [-0.4, -0.2) is 11.3 Å². The van der Waals surface area contributed by atoms with Crippen LogP contribution in [0.2, 0.25) is 0 Å². The van der Waals surface area contributed by atoms with E-state index in [1.807, 2.05) is 0 Å². The van der Waals surface area contributed by atoms with Gasteiger partial charge in [0.05, 0.1) is 11.3 Å². The first-order valence-electron chi connectivity index (χ1n) is 4.80. The van der Waals surface area contributed by atoms with Gasteiger partial charge in [0.2, 0.25) is 0 Å². The molecule has 20 heavy (non-hydrogen) atoms. The summed E-state index contributed by atoms with van der Waals surface area (Å²) in [6.07, 6.45) is -14.2. The van der Waals surface area contributed by atoms with Crippen molar-refractivity contribution in [1.82, 2.24) is 4.98 Å². The highest BCUT2D eigenvalue weighted by molar-refractivity contribution is 5.38. The Kier molecular flexibility index (Phi) is 4.42. The molecule has 0 bridgehead atoms. The van der Waals surface area contributed by atoms with Crippen LogP contribution in [0.5, 0.6) is 5.75 Å². The molecule has 1 heterocycles. The van der Waals surface area contributed by atoms with Gasteiger partial charge >= 0.3 is 12.5 Å². The third kappa shape index (κ3) is 3.92. The zero-order valence-corrected chi connectivity index (χ0v) is 9.32. The maximum atomic E-state index is 12.5. The van der Waals surface area contributed by atoms with E-state index in [-0.39, 0.29) is 6.07 Å². The van der Waals surface area contributed by atoms with Crippen LogP contribution in [-0.2, 0) is 12.7 Å². The van der Waals surface area contributed by atoms with Crippen LogP contribution in [0.1, 0.15) is 23.4 Å². The second-order valence-corrected chi connectivity index (χ2v) is 3.42. The number of hydrogen-bond acceptors (Lipinski definition) is 3. The molecule has 0 aliphatic heterocycles. The van der Waals surface area contributed by atoms with Gasteiger partial charge in [0.1, 0.15) is 5.69 Å². The van der Waals surface area contributed by atoms with Gasteiger partial charge in [-0.3, -0.25) is 0 Å². The molecule has 0 radical (unpaired) electrons. The van der Waals surface area contributed by atoms with E-state index in [0.29, 0.717) is 0 Å². The second-order valence-electron chi connectivity index (χ2n) is 3.42. The molecule has 11 heteroatoms. The van der Waals surface area contributed by atoms with Crippen molar-refractivity contribution in [1.29, 1.82) is 0 Å². The van der Waals surface area contributed by atoms with Crippen LogP contribution in [0.4, 0.5) is 35.1 Å². The Hall–Kier alpha value is -1.65. The third-order valence-electron chi connectivity index (χ3n) is 2.02. The zero-order valence-electron chi connectivity index (χ0n) is 9.32. The lowest BCUT2D eigenvalue weighted by Crippen LogP contribution is -2.21. The number of nitrogens with zero attached hydrogens (tertiary/aromatic N) is 1. The number of alkyl halides is 8. The Bertz CT molecular complexity index is 482. The standard InChI is InChI=1S/C9H6F8N2O/c10-7(11)6-3(8(12,13)14)1-5(4(2-18)19-6)20-9(15,16)17/h1,7H,2,18H2. The number of nitrogens with two attached hydrogens (primary N) is 1. The van der Waals surface area contributed by atoms with Gasteiger partial charge in [-0.2, -0.15) is 13.2 Å². The fraction of sp³-hybridized carbons (Fsp3) is 0.444. The lowest BCUT2D eigenvalue weighted by atomic mass is 10.1. The molecule has 0 aromatic carbocycles. The van der Waals surface area contributed by atoms with Gasteiger partial charge < -0.3 is 10.5 Å². The summed E-state index contributed by atoms with van der Waals surface area (Å²) in [5.41, 5.74) is 0.394. The van der Waals surface area contributed by atoms with Crippen molar-refractivity contribution in [3.05, 3.63) is 23.0 Å². The number of halogens is 8. The third-order valence-corrected chi connectivity index (χ3v) is 2.02. The van der Waals surface area contributed by atoms with E-state index >= 15 is 0 Å². The fourth-order valence-electron chi connectivity index (χ4n) is 1.30. The normalized spacial score (nSPS) is 12.9. The zero-order chi connectivity index (χ0) is 15.7. The highest BCUT2D eigenvalue weighted by Crippen LogP contribution is 2.39. The quantitative estimate of drug-likeness (QED) is 0.871. The molecule has 0 atom stereocenters. The molecule has 0 fully saturated rings. The number of rotatable bonds is 3. The Morgan fingerprint density at radius 1 is 1.15 bits per heavy atom. The Labute approximate surface area is 106 Å². The topological polar surface area (TPSA) is 48.1 Å². The van der Waals surface area contributed by atoms with E-state index in [0.717, 1.165) is 0 Å². The molecule has 1 aromatic rings. The van der Waals surface area contributed by atoms with Crippen molar-refractivity contribution in [2.24, 2.45) is 5.73 Å². The minimum Gasteiger partial charge on any atom is -0.404 e. The average Bonchev–Trinajstić information content (AvgIpc) is 2.24. The van der Waals surface area contributed by atoms with Crippen LogP contribution in [0.3, 0.4) is 0 Å². The summed E-state index contributed by atoms with van der Waals surface area (Å²) in [6, 6.07) is -0.190. The Morgan fingerprint density at radius 2 is 1.70 bits per heavy atom. The summed E-state index contributed by atoms with van der Waals surface area (Å²) in [5, 5.41) is 0. The number of hydrogen-bond donors (Lipinski definition) is 1. The average molecular weight is 310 g/mol. The summed E-state index contributed by atoms with van der Waals surface area (Å²) in [7, 11) is 0. The highest BCUT2D eigenvalue weighted by Gasteiger charge is 2.40. The smallest absolute Gasteiger partial charge is 0.404 e. The van der Waals surface area contributed by atoms with E-state index in [9.17, 15) is 35.1 Å². The molecule has 0 saturated heterocycles. The molecule has 0 unspecified atom stereocenters. The van der Waals surface area contributed by atoms with Gasteiger partial charge in [-0.15, -0.1) is 13.2 Å². The minimum atomic E-state index is -5.31. The van der Waals surface area contributed by atoms with Gasteiger partial charge in [-0.05, 0) is 6.07 Å². The first-order chi connectivity index (χ1) is 8.95. The van der Waals surface area contributed by atoms with Gasteiger partial charge in [0, 0.05) is 6.54 Å². The molecule has 0 spiro atoms. The van der Waals surface area contributed by atoms with Crippen molar-refractivity contribution >= 4 is 0 Å². The lowest BCUT2D eigenvalue weighted by molar-refractivity contribution is -0.275. The Balaban J connectivity index is 3.46. The molecule has 0 amide bonds. The lowest BCUT2D eigenvalue weighted by Gasteiger charge is -2.17. The van der Waals surface area contributed by atoms with Crippen molar-refractivity contribution in [2.45, 2.75) is 25.5 Å². The number of ether oxygens (including phenoxy) is 1. The van der Waals surface area contributed by atoms with Crippen LogP contribution < -0.4 is 10.5 Å². The number of aromatic nitrogens is 1. The van der Waals surface area contributed by atoms with Gasteiger partial charge in [-0.1, -0.05) is 0 Å². The molecule has 3 nitrogen and oxygen atoms in total. The molecule has 0 aliphatic carbocycles. The molecule has 1 rings (SSSR count). The molecular weight excluding hydrogens is 304 g/mol. The van der Waals surface area contributed by atoms with Crippen molar-refractivity contribution in [3.8, 4) is 5.75 Å².